The molecule has 2 atom stereocenters. The maximum absolute atomic E-state index is 11.9. The highest BCUT2D eigenvalue weighted by Crippen LogP contribution is 2.22. The van der Waals surface area contributed by atoms with Gasteiger partial charge in [-0.05, 0) is 37.9 Å². The van der Waals surface area contributed by atoms with E-state index in [0.717, 1.165) is 24.9 Å². The van der Waals surface area contributed by atoms with E-state index in [1.54, 1.807) is 0 Å². The van der Waals surface area contributed by atoms with Crippen molar-refractivity contribution in [2.45, 2.75) is 38.3 Å². The highest BCUT2D eigenvalue weighted by Gasteiger charge is 2.19. The molecule has 106 valence electrons. The van der Waals surface area contributed by atoms with Gasteiger partial charge in [0, 0.05) is 17.5 Å². The molecule has 1 fully saturated rings. The smallest absolute Gasteiger partial charge is 0.222 e. The minimum atomic E-state index is -0.0485. The number of rotatable bonds is 4. The zero-order valence-electron chi connectivity index (χ0n) is 11.0. The zero-order valence-corrected chi connectivity index (χ0v) is 12.6. The van der Waals surface area contributed by atoms with Gasteiger partial charge in [0.2, 0.25) is 5.91 Å². The van der Waals surface area contributed by atoms with E-state index < -0.39 is 0 Å². The van der Waals surface area contributed by atoms with Crippen molar-refractivity contribution in [1.29, 1.82) is 0 Å². The lowest BCUT2D eigenvalue weighted by atomic mass is 10.1. The van der Waals surface area contributed by atoms with Gasteiger partial charge in [-0.15, -0.1) is 12.4 Å². The van der Waals surface area contributed by atoms with Crippen LogP contribution in [-0.2, 0) is 4.79 Å². The molecule has 2 N–H and O–H groups in total. The predicted molar refractivity (Wildman–Crippen MR) is 80.9 cm³/mol. The van der Waals surface area contributed by atoms with Gasteiger partial charge in [-0.2, -0.15) is 0 Å². The first-order valence-corrected chi connectivity index (χ1v) is 6.82. The van der Waals surface area contributed by atoms with Crippen LogP contribution in [-0.4, -0.2) is 18.5 Å². The second kappa shape index (κ2) is 7.73. The lowest BCUT2D eigenvalue weighted by Crippen LogP contribution is -2.33. The first-order valence-electron chi connectivity index (χ1n) is 6.44. The monoisotopic (exact) mass is 302 g/mol. The zero-order chi connectivity index (χ0) is 13.0. The van der Waals surface area contributed by atoms with Gasteiger partial charge >= 0.3 is 0 Å². The molecule has 1 aromatic carbocycles. The topological polar surface area (TPSA) is 41.1 Å². The highest BCUT2D eigenvalue weighted by atomic mass is 35.5. The predicted octanol–water partition coefficient (Wildman–Crippen LogP) is 3.08. The van der Waals surface area contributed by atoms with Crippen molar-refractivity contribution < 1.29 is 4.79 Å². The fourth-order valence-electron chi connectivity index (χ4n) is 2.36. The molecule has 3 nitrogen and oxygen atoms in total. The van der Waals surface area contributed by atoms with Crippen molar-refractivity contribution >= 4 is 29.9 Å². The molecule has 1 amide bonds. The van der Waals surface area contributed by atoms with Crippen LogP contribution in [0.25, 0.3) is 0 Å². The molecule has 1 aliphatic rings. The van der Waals surface area contributed by atoms with E-state index in [1.165, 1.54) is 0 Å². The Bertz CT molecular complexity index is 420. The fraction of sp³-hybridized carbons (Fsp3) is 0.500. The summed E-state index contributed by atoms with van der Waals surface area (Å²) in [4.78, 5) is 11.9. The minimum absolute atomic E-state index is 0. The Morgan fingerprint density at radius 2 is 2.26 bits per heavy atom. The Kier molecular flexibility index (Phi) is 6.63. The number of hydrogen-bond donors (Lipinski definition) is 2. The Balaban J connectivity index is 0.00000180. The Hall–Kier alpha value is -0.770. The molecular weight excluding hydrogens is 283 g/mol. The number of nitrogens with one attached hydrogen (secondary N) is 2. The second-order valence-corrected chi connectivity index (χ2v) is 5.22. The molecule has 19 heavy (non-hydrogen) atoms. The maximum Gasteiger partial charge on any atom is 0.222 e. The standard InChI is InChI=1S/C14H19ClN2O.ClH/c1-10(12-6-2-3-7-13(12)15)17-14(18)9-11-5-4-8-16-11;/h2-3,6-7,10-11,16H,4-5,8-9H2,1H3,(H,17,18);1H. The second-order valence-electron chi connectivity index (χ2n) is 4.81. The molecule has 0 radical (unpaired) electrons. The Morgan fingerprint density at radius 3 is 2.89 bits per heavy atom. The molecule has 1 heterocycles. The van der Waals surface area contributed by atoms with Crippen LogP contribution in [0.3, 0.4) is 0 Å². The van der Waals surface area contributed by atoms with Crippen LogP contribution in [0.5, 0.6) is 0 Å². The highest BCUT2D eigenvalue weighted by molar-refractivity contribution is 6.31. The first-order chi connectivity index (χ1) is 8.66. The molecule has 1 saturated heterocycles. The summed E-state index contributed by atoms with van der Waals surface area (Å²) in [5.41, 5.74) is 0.965. The average molecular weight is 303 g/mol. The molecule has 0 aromatic heterocycles. The Morgan fingerprint density at radius 1 is 1.53 bits per heavy atom. The number of halogens is 2. The minimum Gasteiger partial charge on any atom is -0.349 e. The van der Waals surface area contributed by atoms with Crippen LogP contribution in [0, 0.1) is 0 Å². The summed E-state index contributed by atoms with van der Waals surface area (Å²) in [6, 6.07) is 7.90. The first kappa shape index (κ1) is 16.3. The lowest BCUT2D eigenvalue weighted by Gasteiger charge is -2.17. The van der Waals surface area contributed by atoms with Gasteiger partial charge in [-0.3, -0.25) is 4.79 Å². The van der Waals surface area contributed by atoms with Crippen molar-refractivity contribution in [1.82, 2.24) is 10.6 Å². The largest absolute Gasteiger partial charge is 0.349 e. The summed E-state index contributed by atoms with van der Waals surface area (Å²) in [6.07, 6.45) is 2.81. The summed E-state index contributed by atoms with van der Waals surface area (Å²) in [5.74, 6) is 0.0850. The molecule has 0 saturated carbocycles. The van der Waals surface area contributed by atoms with Crippen LogP contribution in [0.15, 0.2) is 24.3 Å². The molecule has 0 bridgehead atoms. The van der Waals surface area contributed by atoms with Gasteiger partial charge in [0.25, 0.3) is 0 Å². The molecule has 0 aliphatic carbocycles. The van der Waals surface area contributed by atoms with Crippen molar-refractivity contribution in [2.75, 3.05) is 6.54 Å². The SMILES string of the molecule is CC(NC(=O)CC1CCCN1)c1ccccc1Cl.Cl. The summed E-state index contributed by atoms with van der Waals surface area (Å²) in [7, 11) is 0. The third-order valence-electron chi connectivity index (χ3n) is 3.34. The third kappa shape index (κ3) is 4.68. The van der Waals surface area contributed by atoms with E-state index in [0.29, 0.717) is 17.5 Å². The molecule has 2 unspecified atom stereocenters. The number of carbonyl (C=O) groups excluding carboxylic acids is 1. The van der Waals surface area contributed by atoms with E-state index in [1.807, 2.05) is 31.2 Å². The molecule has 2 rings (SSSR count). The van der Waals surface area contributed by atoms with E-state index in [-0.39, 0.29) is 24.4 Å². The van der Waals surface area contributed by atoms with Gasteiger partial charge in [0.05, 0.1) is 6.04 Å². The maximum atomic E-state index is 11.9. The van der Waals surface area contributed by atoms with Crippen LogP contribution in [0.4, 0.5) is 0 Å². The van der Waals surface area contributed by atoms with Crippen molar-refractivity contribution in [3.05, 3.63) is 34.9 Å². The van der Waals surface area contributed by atoms with E-state index >= 15 is 0 Å². The number of carbonyl (C=O) groups is 1. The van der Waals surface area contributed by atoms with E-state index in [4.69, 9.17) is 11.6 Å². The van der Waals surface area contributed by atoms with Gasteiger partial charge in [0.15, 0.2) is 0 Å². The molecule has 1 aromatic rings. The normalized spacial score (nSPS) is 19.6. The Labute approximate surface area is 125 Å². The number of hydrogen-bond acceptors (Lipinski definition) is 2. The fourth-order valence-corrected chi connectivity index (χ4v) is 2.66. The van der Waals surface area contributed by atoms with Crippen molar-refractivity contribution in [3.63, 3.8) is 0 Å². The molecule has 1 aliphatic heterocycles. The third-order valence-corrected chi connectivity index (χ3v) is 3.69. The van der Waals surface area contributed by atoms with Crippen LogP contribution in [0.1, 0.15) is 37.8 Å². The number of benzene rings is 1. The molecule has 5 heteroatoms. The van der Waals surface area contributed by atoms with Crippen LogP contribution < -0.4 is 10.6 Å². The van der Waals surface area contributed by atoms with Crippen molar-refractivity contribution in [3.8, 4) is 0 Å². The van der Waals surface area contributed by atoms with Crippen LogP contribution >= 0.6 is 24.0 Å². The summed E-state index contributed by atoms with van der Waals surface area (Å²) in [6.45, 7) is 2.99. The summed E-state index contributed by atoms with van der Waals surface area (Å²) >= 11 is 6.11. The molecule has 0 spiro atoms. The quantitative estimate of drug-likeness (QED) is 0.897. The summed E-state index contributed by atoms with van der Waals surface area (Å²) in [5, 5.41) is 7.02. The summed E-state index contributed by atoms with van der Waals surface area (Å²) < 4.78 is 0. The molecular formula is C14H20Cl2N2O. The van der Waals surface area contributed by atoms with Gasteiger partial charge in [0.1, 0.15) is 0 Å². The van der Waals surface area contributed by atoms with Gasteiger partial charge in [-0.1, -0.05) is 29.8 Å². The van der Waals surface area contributed by atoms with E-state index in [2.05, 4.69) is 10.6 Å². The van der Waals surface area contributed by atoms with E-state index in [9.17, 15) is 4.79 Å². The average Bonchev–Trinajstić information content (AvgIpc) is 2.82. The number of amides is 1. The van der Waals surface area contributed by atoms with Crippen LogP contribution in [0.2, 0.25) is 5.02 Å². The van der Waals surface area contributed by atoms with Crippen molar-refractivity contribution in [2.24, 2.45) is 0 Å². The van der Waals surface area contributed by atoms with Gasteiger partial charge < -0.3 is 10.6 Å². The van der Waals surface area contributed by atoms with Gasteiger partial charge in [-0.25, -0.2) is 0 Å². The lowest BCUT2D eigenvalue weighted by molar-refractivity contribution is -0.122.